The Balaban J connectivity index is 1.94. The summed E-state index contributed by atoms with van der Waals surface area (Å²) in [6, 6.07) is 0. The van der Waals surface area contributed by atoms with Crippen LogP contribution in [-0.2, 0) is 21.4 Å². The number of methoxy groups -OCH3 is 1. The first kappa shape index (κ1) is 19.7. The number of hydrogen-bond acceptors (Lipinski definition) is 5. The van der Waals surface area contributed by atoms with E-state index in [0.29, 0.717) is 38.7 Å². The van der Waals surface area contributed by atoms with Gasteiger partial charge in [0.2, 0.25) is 11.8 Å². The third-order valence-corrected chi connectivity index (χ3v) is 3.86. The average Bonchev–Trinajstić information content (AvgIpc) is 3.05. The maximum absolute atomic E-state index is 12.5. The van der Waals surface area contributed by atoms with Gasteiger partial charge in [0.25, 0.3) is 0 Å². The predicted octanol–water partition coefficient (Wildman–Crippen LogP) is -1.20. The summed E-state index contributed by atoms with van der Waals surface area (Å²) in [6.07, 6.45) is 3.49. The molecule has 0 aliphatic carbocycles. The van der Waals surface area contributed by atoms with Gasteiger partial charge in [-0.1, -0.05) is 0 Å². The van der Waals surface area contributed by atoms with Crippen LogP contribution in [0.15, 0.2) is 17.4 Å². The van der Waals surface area contributed by atoms with Gasteiger partial charge < -0.3 is 25.2 Å². The molecule has 26 heavy (non-hydrogen) atoms. The molecule has 0 spiro atoms. The molecule has 1 aromatic rings. The number of piperazine rings is 1. The van der Waals surface area contributed by atoms with Gasteiger partial charge in [0.15, 0.2) is 5.96 Å². The highest BCUT2D eigenvalue weighted by Gasteiger charge is 2.27. The summed E-state index contributed by atoms with van der Waals surface area (Å²) in [7, 11) is 3.40. The summed E-state index contributed by atoms with van der Waals surface area (Å²) in [5, 5.41) is 9.97. The van der Waals surface area contributed by atoms with Crippen molar-refractivity contribution in [2.24, 2.45) is 12.0 Å². The zero-order valence-corrected chi connectivity index (χ0v) is 15.6. The lowest BCUT2D eigenvalue weighted by Gasteiger charge is -2.35. The lowest BCUT2D eigenvalue weighted by atomic mass is 10.3. The number of aliphatic imine (C=N–C) groups is 1. The number of nitrogens with zero attached hydrogens (tertiary/aromatic N) is 5. The lowest BCUT2D eigenvalue weighted by molar-refractivity contribution is -0.120. The number of aromatic nitrogens is 2. The van der Waals surface area contributed by atoms with E-state index in [2.05, 4.69) is 20.7 Å². The molecule has 2 rings (SSSR count). The van der Waals surface area contributed by atoms with Crippen molar-refractivity contribution in [3.63, 3.8) is 0 Å². The highest BCUT2D eigenvalue weighted by atomic mass is 16.5. The molecule has 0 radical (unpaired) electrons. The monoisotopic (exact) mass is 365 g/mol. The first-order chi connectivity index (χ1) is 12.5. The average molecular weight is 365 g/mol. The van der Waals surface area contributed by atoms with Crippen LogP contribution in [0.4, 0.5) is 5.69 Å². The maximum atomic E-state index is 12.5. The summed E-state index contributed by atoms with van der Waals surface area (Å²) < 4.78 is 6.56. The molecule has 2 heterocycles. The topological polar surface area (TPSA) is 104 Å². The van der Waals surface area contributed by atoms with Gasteiger partial charge in [-0.3, -0.25) is 14.3 Å². The molecule has 10 nitrogen and oxygen atoms in total. The molecule has 2 amide bonds. The van der Waals surface area contributed by atoms with E-state index in [4.69, 9.17) is 4.74 Å². The zero-order chi connectivity index (χ0) is 18.9. The Morgan fingerprint density at radius 2 is 2.19 bits per heavy atom. The molecule has 0 unspecified atom stereocenters. The molecule has 1 aliphatic heterocycles. The highest BCUT2D eigenvalue weighted by Crippen LogP contribution is 2.16. The van der Waals surface area contributed by atoms with Gasteiger partial charge in [-0.25, -0.2) is 4.99 Å². The molecule has 0 bridgehead atoms. The quantitative estimate of drug-likeness (QED) is 0.357. The van der Waals surface area contributed by atoms with Crippen LogP contribution in [-0.4, -0.2) is 85.4 Å². The Morgan fingerprint density at radius 3 is 2.81 bits per heavy atom. The maximum Gasteiger partial charge on any atom is 0.246 e. The van der Waals surface area contributed by atoms with E-state index in [1.54, 1.807) is 22.9 Å². The molecule has 1 aromatic heterocycles. The fourth-order valence-electron chi connectivity index (χ4n) is 2.60. The van der Waals surface area contributed by atoms with Crippen molar-refractivity contribution in [2.45, 2.75) is 6.92 Å². The smallest absolute Gasteiger partial charge is 0.246 e. The van der Waals surface area contributed by atoms with Crippen molar-refractivity contribution in [1.29, 1.82) is 0 Å². The number of carbonyl (C=O) groups is 2. The largest absolute Gasteiger partial charge is 0.383 e. The van der Waals surface area contributed by atoms with E-state index in [1.807, 2.05) is 25.1 Å². The Hall–Kier alpha value is -2.62. The Labute approximate surface area is 153 Å². The van der Waals surface area contributed by atoms with Gasteiger partial charge in [-0.2, -0.15) is 5.10 Å². The minimum atomic E-state index is -0.183. The van der Waals surface area contributed by atoms with E-state index in [0.717, 1.165) is 5.69 Å². The van der Waals surface area contributed by atoms with Gasteiger partial charge >= 0.3 is 0 Å². The molecular formula is C16H27N7O3. The van der Waals surface area contributed by atoms with Gasteiger partial charge in [0.1, 0.15) is 13.1 Å². The number of anilines is 1. The number of carbonyl (C=O) groups excluding carboxylic acids is 2. The number of hydrogen-bond donors (Lipinski definition) is 2. The van der Waals surface area contributed by atoms with Gasteiger partial charge in [0.05, 0.1) is 18.5 Å². The minimum Gasteiger partial charge on any atom is -0.383 e. The SMILES string of the molecule is CCNC(=NCC(=O)NCCOC)N1CCN(c2cnn(C)c2)C(=O)C1. The van der Waals surface area contributed by atoms with E-state index in [9.17, 15) is 9.59 Å². The molecule has 1 aliphatic rings. The first-order valence-electron chi connectivity index (χ1n) is 8.63. The Morgan fingerprint density at radius 1 is 1.38 bits per heavy atom. The fraction of sp³-hybridized carbons (Fsp3) is 0.625. The van der Waals surface area contributed by atoms with Crippen molar-refractivity contribution < 1.29 is 14.3 Å². The van der Waals surface area contributed by atoms with Crippen LogP contribution in [0.25, 0.3) is 0 Å². The van der Waals surface area contributed by atoms with E-state index in [-0.39, 0.29) is 24.9 Å². The number of rotatable bonds is 7. The molecule has 2 N–H and O–H groups in total. The van der Waals surface area contributed by atoms with E-state index < -0.39 is 0 Å². The molecule has 1 fully saturated rings. The van der Waals surface area contributed by atoms with Crippen molar-refractivity contribution >= 4 is 23.5 Å². The number of guanidine groups is 1. The van der Waals surface area contributed by atoms with Crippen LogP contribution in [0, 0.1) is 0 Å². The van der Waals surface area contributed by atoms with Crippen molar-refractivity contribution in [2.75, 3.05) is 57.9 Å². The molecule has 0 saturated carbocycles. The van der Waals surface area contributed by atoms with Crippen LogP contribution in [0.3, 0.4) is 0 Å². The Kier molecular flexibility index (Phi) is 7.39. The first-order valence-corrected chi connectivity index (χ1v) is 8.63. The van der Waals surface area contributed by atoms with Crippen molar-refractivity contribution in [1.82, 2.24) is 25.3 Å². The fourth-order valence-corrected chi connectivity index (χ4v) is 2.60. The van der Waals surface area contributed by atoms with Crippen LogP contribution in [0.1, 0.15) is 6.92 Å². The predicted molar refractivity (Wildman–Crippen MR) is 98.0 cm³/mol. The summed E-state index contributed by atoms with van der Waals surface area (Å²) in [5.41, 5.74) is 0.789. The number of ether oxygens (including phenoxy) is 1. The van der Waals surface area contributed by atoms with Crippen LogP contribution in [0.2, 0.25) is 0 Å². The zero-order valence-electron chi connectivity index (χ0n) is 15.6. The Bertz CT molecular complexity index is 644. The second-order valence-electron chi connectivity index (χ2n) is 5.85. The summed E-state index contributed by atoms with van der Waals surface area (Å²) in [4.78, 5) is 32.2. The molecule has 144 valence electrons. The van der Waals surface area contributed by atoms with Crippen LogP contribution >= 0.6 is 0 Å². The lowest BCUT2D eigenvalue weighted by Crippen LogP contribution is -2.55. The second-order valence-corrected chi connectivity index (χ2v) is 5.85. The number of amides is 2. The number of nitrogens with one attached hydrogen (secondary N) is 2. The number of aryl methyl sites for hydroxylation is 1. The third-order valence-electron chi connectivity index (χ3n) is 3.86. The molecule has 1 saturated heterocycles. The van der Waals surface area contributed by atoms with Gasteiger partial charge in [0, 0.05) is 46.5 Å². The second kappa shape index (κ2) is 9.76. The molecule has 0 atom stereocenters. The van der Waals surface area contributed by atoms with E-state index in [1.165, 1.54) is 0 Å². The minimum absolute atomic E-state index is 0.00303. The third kappa shape index (κ3) is 5.45. The summed E-state index contributed by atoms with van der Waals surface area (Å²) in [6.45, 7) is 4.87. The summed E-state index contributed by atoms with van der Waals surface area (Å²) >= 11 is 0. The molecular weight excluding hydrogens is 338 g/mol. The van der Waals surface area contributed by atoms with Gasteiger partial charge in [-0.05, 0) is 6.92 Å². The molecule has 0 aromatic carbocycles. The van der Waals surface area contributed by atoms with Crippen LogP contribution < -0.4 is 15.5 Å². The van der Waals surface area contributed by atoms with Gasteiger partial charge in [-0.15, -0.1) is 0 Å². The standard InChI is InChI=1S/C16H27N7O3/c1-4-17-16(19-10-14(24)18-5-8-26-3)22-6-7-23(15(25)12-22)13-9-20-21(2)11-13/h9,11H,4-8,10,12H2,1-3H3,(H,17,19)(H,18,24). The highest BCUT2D eigenvalue weighted by molar-refractivity contribution is 5.98. The summed E-state index contributed by atoms with van der Waals surface area (Å²) in [5.74, 6) is 0.353. The van der Waals surface area contributed by atoms with Crippen LogP contribution in [0.5, 0.6) is 0 Å². The normalized spacial score (nSPS) is 15.3. The van der Waals surface area contributed by atoms with Crippen molar-refractivity contribution in [3.8, 4) is 0 Å². The van der Waals surface area contributed by atoms with E-state index >= 15 is 0 Å². The molecule has 10 heteroatoms. The van der Waals surface area contributed by atoms with Crippen molar-refractivity contribution in [3.05, 3.63) is 12.4 Å².